The van der Waals surface area contributed by atoms with Crippen LogP contribution in [0.3, 0.4) is 0 Å². The van der Waals surface area contributed by atoms with E-state index in [-0.39, 0.29) is 17.4 Å². The standard InChI is InChI=1S/CH6N3O3P.Cr/c2-1(3)4-8(5,6)7;/h(H6,2,3,4,5,6,7);. The molecule has 0 aromatic rings. The molecule has 8 heteroatoms. The first-order valence-electron chi connectivity index (χ1n) is 1.58. The van der Waals surface area contributed by atoms with Crippen molar-refractivity contribution in [3.8, 4) is 0 Å². The second kappa shape index (κ2) is 3.88. The van der Waals surface area contributed by atoms with E-state index in [1.165, 1.54) is 0 Å². The smallest absolute Gasteiger partial charge is 0.370 e. The Morgan fingerprint density at radius 2 is 1.78 bits per heavy atom. The molecule has 0 fully saturated rings. The van der Waals surface area contributed by atoms with Gasteiger partial charge in [0.25, 0.3) is 0 Å². The molecule has 0 saturated carbocycles. The van der Waals surface area contributed by atoms with Crippen molar-refractivity contribution in [2.75, 3.05) is 0 Å². The molecule has 0 rings (SSSR count). The molecule has 0 aromatic heterocycles. The molecule has 0 saturated heterocycles. The summed E-state index contributed by atoms with van der Waals surface area (Å²) in [6, 6.07) is 0. The summed E-state index contributed by atoms with van der Waals surface area (Å²) in [5.74, 6) is -0.613. The largest absolute Gasteiger partial charge is 0.451 e. The molecule has 6 nitrogen and oxygen atoms in total. The van der Waals surface area contributed by atoms with Gasteiger partial charge in [-0.05, 0) is 0 Å². The average molecular weight is 191 g/mol. The molecule has 0 bridgehead atoms. The SMILES string of the molecule is NC(N)=NP(=O)(O)O.[Cr]. The number of hydrogen-bond donors (Lipinski definition) is 4. The molecule has 0 aliphatic carbocycles. The third-order valence-electron chi connectivity index (χ3n) is 0.246. The van der Waals surface area contributed by atoms with Crippen LogP contribution in [0, 0.1) is 0 Å². The molecule has 0 aliphatic heterocycles. The Balaban J connectivity index is 0. The first kappa shape index (κ1) is 11.7. The minimum Gasteiger partial charge on any atom is -0.370 e. The van der Waals surface area contributed by atoms with Crippen molar-refractivity contribution in [1.29, 1.82) is 0 Å². The molecule has 0 aliphatic rings. The van der Waals surface area contributed by atoms with Crippen LogP contribution in [0.4, 0.5) is 0 Å². The minimum absolute atomic E-state index is 0. The molecule has 6 N–H and O–H groups in total. The van der Waals surface area contributed by atoms with Crippen molar-refractivity contribution in [3.63, 3.8) is 0 Å². The van der Waals surface area contributed by atoms with E-state index >= 15 is 0 Å². The van der Waals surface area contributed by atoms with E-state index in [1.54, 1.807) is 0 Å². The zero-order valence-electron chi connectivity index (χ0n) is 4.26. The summed E-state index contributed by atoms with van der Waals surface area (Å²) in [5.41, 5.74) is 9.23. The van der Waals surface area contributed by atoms with Crippen LogP contribution in [0.1, 0.15) is 0 Å². The topological polar surface area (TPSA) is 122 Å². The summed E-state index contributed by atoms with van der Waals surface area (Å²) in [6.45, 7) is 0. The van der Waals surface area contributed by atoms with Crippen LogP contribution in [0.2, 0.25) is 0 Å². The van der Waals surface area contributed by atoms with E-state index in [0.29, 0.717) is 0 Å². The number of nitrogens with zero attached hydrogens (tertiary/aromatic N) is 1. The van der Waals surface area contributed by atoms with E-state index in [4.69, 9.17) is 9.79 Å². The fraction of sp³-hybridized carbons (Fsp3) is 0. The maximum atomic E-state index is 9.79. The molecule has 54 valence electrons. The van der Waals surface area contributed by atoms with Gasteiger partial charge in [-0.3, -0.25) is 0 Å². The van der Waals surface area contributed by atoms with Crippen LogP contribution in [0.15, 0.2) is 4.76 Å². The minimum atomic E-state index is -4.38. The van der Waals surface area contributed by atoms with Crippen LogP contribution in [-0.2, 0) is 21.9 Å². The van der Waals surface area contributed by atoms with E-state index < -0.39 is 13.7 Å². The van der Waals surface area contributed by atoms with Gasteiger partial charge in [0.15, 0.2) is 5.96 Å². The number of guanidine groups is 1. The third kappa shape index (κ3) is 11.5. The molecule has 0 spiro atoms. The first-order chi connectivity index (χ1) is 3.42. The number of nitrogens with two attached hydrogens (primary N) is 2. The maximum absolute atomic E-state index is 9.79. The molecular weight excluding hydrogens is 185 g/mol. The first-order valence-corrected chi connectivity index (χ1v) is 3.15. The van der Waals surface area contributed by atoms with Crippen molar-refractivity contribution in [1.82, 2.24) is 0 Å². The van der Waals surface area contributed by atoms with E-state index in [2.05, 4.69) is 16.2 Å². The second-order valence-electron chi connectivity index (χ2n) is 1.04. The van der Waals surface area contributed by atoms with Crippen molar-refractivity contribution >= 4 is 13.7 Å². The molecule has 0 atom stereocenters. The summed E-state index contributed by atoms with van der Waals surface area (Å²) in [4.78, 5) is 15.9. The Bertz CT molecular complexity index is 147. The fourth-order valence-corrected chi connectivity index (χ4v) is 0.451. The molecule has 9 heavy (non-hydrogen) atoms. The number of hydrogen-bond acceptors (Lipinski definition) is 1. The maximum Gasteiger partial charge on any atom is 0.451 e. The predicted octanol–water partition coefficient (Wildman–Crippen LogP) is -1.65. The normalized spacial score (nSPS) is 9.56. The summed E-state index contributed by atoms with van der Waals surface area (Å²) >= 11 is 0. The summed E-state index contributed by atoms with van der Waals surface area (Å²) in [6.07, 6.45) is 0. The second-order valence-corrected chi connectivity index (χ2v) is 2.26. The Morgan fingerprint density at radius 1 is 1.44 bits per heavy atom. The van der Waals surface area contributed by atoms with Gasteiger partial charge in [0.1, 0.15) is 0 Å². The van der Waals surface area contributed by atoms with E-state index in [1.807, 2.05) is 0 Å². The third-order valence-corrected chi connectivity index (χ3v) is 0.737. The fourth-order valence-electron chi connectivity index (χ4n) is 0.150. The summed E-state index contributed by atoms with van der Waals surface area (Å²) < 4.78 is 12.3. The van der Waals surface area contributed by atoms with E-state index in [0.717, 1.165) is 0 Å². The van der Waals surface area contributed by atoms with Crippen LogP contribution in [-0.4, -0.2) is 15.7 Å². The molecular formula is CH6CrN3O3P. The van der Waals surface area contributed by atoms with Crippen molar-refractivity contribution in [2.45, 2.75) is 0 Å². The van der Waals surface area contributed by atoms with Gasteiger partial charge < -0.3 is 21.3 Å². The van der Waals surface area contributed by atoms with Gasteiger partial charge in [-0.1, -0.05) is 0 Å². The van der Waals surface area contributed by atoms with Crippen molar-refractivity contribution in [3.05, 3.63) is 0 Å². The van der Waals surface area contributed by atoms with Crippen LogP contribution in [0.25, 0.3) is 0 Å². The summed E-state index contributed by atoms with van der Waals surface area (Å²) in [5, 5.41) is 0. The zero-order valence-corrected chi connectivity index (χ0v) is 6.43. The Kier molecular flexibility index (Phi) is 5.05. The van der Waals surface area contributed by atoms with Gasteiger partial charge in [0, 0.05) is 17.4 Å². The van der Waals surface area contributed by atoms with Crippen LogP contribution >= 0.6 is 7.75 Å². The van der Waals surface area contributed by atoms with Gasteiger partial charge >= 0.3 is 7.75 Å². The van der Waals surface area contributed by atoms with Gasteiger partial charge in [0.2, 0.25) is 0 Å². The molecule has 0 heterocycles. The van der Waals surface area contributed by atoms with Gasteiger partial charge in [-0.25, -0.2) is 4.57 Å². The van der Waals surface area contributed by atoms with Crippen LogP contribution < -0.4 is 11.5 Å². The monoisotopic (exact) mass is 191 g/mol. The molecule has 0 radical (unpaired) electrons. The molecule has 0 aromatic carbocycles. The van der Waals surface area contributed by atoms with Gasteiger partial charge in [-0.2, -0.15) is 0 Å². The quantitative estimate of drug-likeness (QED) is 0.224. The zero-order chi connectivity index (χ0) is 6.78. The number of rotatable bonds is 1. The average Bonchev–Trinajstić information content (AvgIpc) is 1.21. The Hall–Kier alpha value is -0.0475. The van der Waals surface area contributed by atoms with Gasteiger partial charge in [-0.15, -0.1) is 4.76 Å². The van der Waals surface area contributed by atoms with Gasteiger partial charge in [0.05, 0.1) is 0 Å². The Morgan fingerprint density at radius 3 is 1.78 bits per heavy atom. The molecule has 0 amide bonds. The summed E-state index contributed by atoms with van der Waals surface area (Å²) in [7, 11) is -4.38. The van der Waals surface area contributed by atoms with Crippen LogP contribution in [0.5, 0.6) is 0 Å². The van der Waals surface area contributed by atoms with Crippen molar-refractivity contribution < 1.29 is 31.7 Å². The Labute approximate surface area is 62.3 Å². The van der Waals surface area contributed by atoms with Crippen molar-refractivity contribution in [2.24, 2.45) is 16.2 Å². The molecule has 0 unspecified atom stereocenters. The van der Waals surface area contributed by atoms with E-state index in [9.17, 15) is 4.57 Å². The predicted molar refractivity (Wildman–Crippen MR) is 27.9 cm³/mol.